The van der Waals surface area contributed by atoms with E-state index in [0.717, 1.165) is 25.0 Å². The number of nitrogens with two attached hydrogens (primary N) is 1. The van der Waals surface area contributed by atoms with Gasteiger partial charge in [0.05, 0.1) is 0 Å². The highest BCUT2D eigenvalue weighted by molar-refractivity contribution is 14.0. The SMILES string of the molecule is C=C(C)CNC(N)=NCC1(C)Cc2ccccc2C1.I. The fourth-order valence-corrected chi connectivity index (χ4v) is 2.57. The minimum Gasteiger partial charge on any atom is -0.370 e. The largest absolute Gasteiger partial charge is 0.370 e. The van der Waals surface area contributed by atoms with Crippen molar-refractivity contribution in [3.8, 4) is 0 Å². The van der Waals surface area contributed by atoms with Crippen LogP contribution in [-0.4, -0.2) is 19.0 Å². The van der Waals surface area contributed by atoms with Gasteiger partial charge in [0.15, 0.2) is 5.96 Å². The Morgan fingerprint density at radius 3 is 2.40 bits per heavy atom. The van der Waals surface area contributed by atoms with Crippen LogP contribution in [0, 0.1) is 5.41 Å². The maximum atomic E-state index is 5.86. The molecule has 1 aliphatic carbocycles. The van der Waals surface area contributed by atoms with E-state index in [2.05, 4.69) is 48.1 Å². The van der Waals surface area contributed by atoms with Crippen LogP contribution in [0.2, 0.25) is 0 Å². The van der Waals surface area contributed by atoms with E-state index in [1.807, 2.05) is 6.92 Å². The average molecular weight is 385 g/mol. The third kappa shape index (κ3) is 4.51. The fourth-order valence-electron chi connectivity index (χ4n) is 2.57. The lowest BCUT2D eigenvalue weighted by molar-refractivity contribution is 0.360. The van der Waals surface area contributed by atoms with Gasteiger partial charge in [-0.25, -0.2) is 0 Å². The number of hydrogen-bond donors (Lipinski definition) is 2. The van der Waals surface area contributed by atoms with Gasteiger partial charge >= 0.3 is 0 Å². The minimum absolute atomic E-state index is 0. The van der Waals surface area contributed by atoms with Crippen molar-refractivity contribution >= 4 is 29.9 Å². The fraction of sp³-hybridized carbons (Fsp3) is 0.438. The highest BCUT2D eigenvalue weighted by Crippen LogP contribution is 2.36. The van der Waals surface area contributed by atoms with Gasteiger partial charge in [-0.3, -0.25) is 4.99 Å². The second-order valence-corrected chi connectivity index (χ2v) is 5.95. The molecular weight excluding hydrogens is 361 g/mol. The summed E-state index contributed by atoms with van der Waals surface area (Å²) in [7, 11) is 0. The summed E-state index contributed by atoms with van der Waals surface area (Å²) in [5.41, 5.74) is 10.0. The standard InChI is InChI=1S/C16H23N3.HI/c1-12(2)10-18-15(17)19-11-16(3)8-13-6-4-5-7-14(13)9-16;/h4-7H,1,8-11H2,2-3H3,(H3,17,18,19);1H. The molecule has 1 aromatic rings. The van der Waals surface area contributed by atoms with E-state index in [9.17, 15) is 0 Å². The summed E-state index contributed by atoms with van der Waals surface area (Å²) >= 11 is 0. The van der Waals surface area contributed by atoms with E-state index in [1.54, 1.807) is 0 Å². The maximum Gasteiger partial charge on any atom is 0.188 e. The third-order valence-electron chi connectivity index (χ3n) is 3.56. The van der Waals surface area contributed by atoms with E-state index in [1.165, 1.54) is 11.1 Å². The van der Waals surface area contributed by atoms with Crippen LogP contribution in [0.5, 0.6) is 0 Å². The van der Waals surface area contributed by atoms with Gasteiger partial charge in [0, 0.05) is 13.1 Å². The quantitative estimate of drug-likeness (QED) is 0.363. The highest BCUT2D eigenvalue weighted by Gasteiger charge is 2.32. The molecule has 0 aliphatic heterocycles. The van der Waals surface area contributed by atoms with Crippen molar-refractivity contribution in [2.75, 3.05) is 13.1 Å². The summed E-state index contributed by atoms with van der Waals surface area (Å²) in [5, 5.41) is 3.07. The van der Waals surface area contributed by atoms with Gasteiger partial charge in [-0.2, -0.15) is 0 Å². The molecule has 1 aliphatic rings. The summed E-state index contributed by atoms with van der Waals surface area (Å²) in [4.78, 5) is 4.48. The Bertz CT molecular complexity index is 483. The Morgan fingerprint density at radius 2 is 1.90 bits per heavy atom. The summed E-state index contributed by atoms with van der Waals surface area (Å²) in [6.45, 7) is 9.53. The summed E-state index contributed by atoms with van der Waals surface area (Å²) < 4.78 is 0. The van der Waals surface area contributed by atoms with Gasteiger partial charge in [0.1, 0.15) is 0 Å². The van der Waals surface area contributed by atoms with Gasteiger partial charge in [-0.15, -0.1) is 24.0 Å². The number of fused-ring (bicyclic) bond motifs is 1. The molecule has 0 fully saturated rings. The molecule has 0 saturated carbocycles. The van der Waals surface area contributed by atoms with Gasteiger partial charge < -0.3 is 11.1 Å². The Kier molecular flexibility index (Phi) is 6.05. The van der Waals surface area contributed by atoms with E-state index in [4.69, 9.17) is 5.73 Å². The van der Waals surface area contributed by atoms with Gasteiger partial charge in [0.2, 0.25) is 0 Å². The summed E-state index contributed by atoms with van der Waals surface area (Å²) in [6.07, 6.45) is 2.17. The van der Waals surface area contributed by atoms with Gasteiger partial charge in [0.25, 0.3) is 0 Å². The van der Waals surface area contributed by atoms with Crippen LogP contribution in [0.1, 0.15) is 25.0 Å². The van der Waals surface area contributed by atoms with Crippen LogP contribution in [0.3, 0.4) is 0 Å². The Labute approximate surface area is 138 Å². The topological polar surface area (TPSA) is 50.4 Å². The number of aliphatic imine (C=N–C) groups is 1. The molecule has 0 spiro atoms. The second kappa shape index (κ2) is 7.11. The number of nitrogens with one attached hydrogen (secondary N) is 1. The zero-order chi connectivity index (χ0) is 13.9. The number of benzene rings is 1. The molecule has 0 aromatic heterocycles. The molecule has 0 saturated heterocycles. The van der Waals surface area contributed by atoms with E-state index < -0.39 is 0 Å². The predicted octanol–water partition coefficient (Wildman–Crippen LogP) is 2.89. The normalized spacial score (nSPS) is 16.2. The van der Waals surface area contributed by atoms with Crippen molar-refractivity contribution in [3.05, 3.63) is 47.5 Å². The molecule has 3 nitrogen and oxygen atoms in total. The second-order valence-electron chi connectivity index (χ2n) is 5.95. The first-order chi connectivity index (χ1) is 8.98. The Hall–Kier alpha value is -1.04. The molecule has 2 rings (SSSR count). The molecule has 110 valence electrons. The third-order valence-corrected chi connectivity index (χ3v) is 3.56. The van der Waals surface area contributed by atoms with Crippen molar-refractivity contribution in [1.29, 1.82) is 0 Å². The average Bonchev–Trinajstić information content (AvgIpc) is 2.70. The van der Waals surface area contributed by atoms with Crippen LogP contribution in [0.4, 0.5) is 0 Å². The molecular formula is C16H24IN3. The first-order valence-corrected chi connectivity index (χ1v) is 6.73. The zero-order valence-corrected chi connectivity index (χ0v) is 14.6. The lowest BCUT2D eigenvalue weighted by Gasteiger charge is -2.21. The van der Waals surface area contributed by atoms with Crippen molar-refractivity contribution in [1.82, 2.24) is 5.32 Å². The first-order valence-electron chi connectivity index (χ1n) is 6.73. The molecule has 0 amide bonds. The number of nitrogens with zero attached hydrogens (tertiary/aromatic N) is 1. The molecule has 0 unspecified atom stereocenters. The van der Waals surface area contributed by atoms with Crippen molar-refractivity contribution in [2.45, 2.75) is 26.7 Å². The molecule has 0 radical (unpaired) electrons. The van der Waals surface area contributed by atoms with Crippen LogP contribution in [-0.2, 0) is 12.8 Å². The number of rotatable bonds is 4. The molecule has 3 N–H and O–H groups in total. The first kappa shape index (κ1) is 17.0. The molecule has 0 heterocycles. The van der Waals surface area contributed by atoms with E-state index >= 15 is 0 Å². The van der Waals surface area contributed by atoms with Crippen molar-refractivity contribution in [2.24, 2.45) is 16.1 Å². The molecule has 20 heavy (non-hydrogen) atoms. The van der Waals surface area contributed by atoms with Crippen LogP contribution in [0.25, 0.3) is 0 Å². The summed E-state index contributed by atoms with van der Waals surface area (Å²) in [6, 6.07) is 8.65. The lowest BCUT2D eigenvalue weighted by Crippen LogP contribution is -2.34. The van der Waals surface area contributed by atoms with Crippen molar-refractivity contribution in [3.63, 3.8) is 0 Å². The van der Waals surface area contributed by atoms with Crippen LogP contribution < -0.4 is 11.1 Å². The smallest absolute Gasteiger partial charge is 0.188 e. The lowest BCUT2D eigenvalue weighted by atomic mass is 9.87. The number of hydrogen-bond acceptors (Lipinski definition) is 1. The molecule has 1 aromatic carbocycles. The molecule has 0 bridgehead atoms. The van der Waals surface area contributed by atoms with E-state index in [0.29, 0.717) is 12.5 Å². The molecule has 0 atom stereocenters. The zero-order valence-electron chi connectivity index (χ0n) is 12.3. The van der Waals surface area contributed by atoms with Gasteiger partial charge in [-0.05, 0) is 36.3 Å². The Morgan fingerprint density at radius 1 is 1.35 bits per heavy atom. The molecule has 4 heteroatoms. The number of halogens is 1. The Balaban J connectivity index is 0.00000200. The van der Waals surface area contributed by atoms with Crippen LogP contribution >= 0.6 is 24.0 Å². The predicted molar refractivity (Wildman–Crippen MR) is 96.7 cm³/mol. The van der Waals surface area contributed by atoms with Crippen molar-refractivity contribution < 1.29 is 0 Å². The maximum absolute atomic E-state index is 5.86. The highest BCUT2D eigenvalue weighted by atomic mass is 127. The monoisotopic (exact) mass is 385 g/mol. The van der Waals surface area contributed by atoms with Gasteiger partial charge in [-0.1, -0.05) is 43.3 Å². The van der Waals surface area contributed by atoms with E-state index in [-0.39, 0.29) is 29.4 Å². The number of guanidine groups is 1. The summed E-state index contributed by atoms with van der Waals surface area (Å²) in [5.74, 6) is 0.514. The van der Waals surface area contributed by atoms with Crippen LogP contribution in [0.15, 0.2) is 41.4 Å². The minimum atomic E-state index is 0.